The maximum absolute atomic E-state index is 12.7. The molecule has 0 aromatic heterocycles. The number of hydrogen-bond acceptors (Lipinski definition) is 6. The lowest BCUT2D eigenvalue weighted by Crippen LogP contribution is -2.30. The van der Waals surface area contributed by atoms with Gasteiger partial charge in [-0.1, -0.05) is 71.1 Å². The quantitative estimate of drug-likeness (QED) is 0.245. The van der Waals surface area contributed by atoms with Gasteiger partial charge in [0.1, 0.15) is 16.7 Å². The van der Waals surface area contributed by atoms with Crippen LogP contribution in [0.1, 0.15) is 30.9 Å². The van der Waals surface area contributed by atoms with E-state index in [1.54, 1.807) is 6.08 Å². The molecule has 3 rings (SSSR count). The lowest BCUT2D eigenvalue weighted by atomic mass is 10.2. The Kier molecular flexibility index (Phi) is 8.69. The summed E-state index contributed by atoms with van der Waals surface area (Å²) in [5.74, 6) is 0.241. The Hall–Kier alpha value is -2.16. The van der Waals surface area contributed by atoms with Crippen LogP contribution in [0.25, 0.3) is 6.08 Å². The van der Waals surface area contributed by atoms with Gasteiger partial charge in [-0.2, -0.15) is 0 Å². The van der Waals surface area contributed by atoms with E-state index in [1.165, 1.54) is 16.7 Å². The Bertz CT molecular complexity index is 974. The van der Waals surface area contributed by atoms with Crippen molar-refractivity contribution in [2.75, 3.05) is 13.2 Å². The normalized spacial score (nSPS) is 14.9. The van der Waals surface area contributed by atoms with Crippen LogP contribution in [0.2, 0.25) is 0 Å². The molecule has 0 aliphatic carbocycles. The number of thioether (sulfide) groups is 1. The maximum atomic E-state index is 12.7. The molecule has 162 valence electrons. The van der Waals surface area contributed by atoms with Crippen LogP contribution in [0, 0.1) is 0 Å². The lowest BCUT2D eigenvalue weighted by molar-refractivity contribution is -0.143. The van der Waals surface area contributed by atoms with Gasteiger partial charge in [0.05, 0.1) is 17.9 Å². The van der Waals surface area contributed by atoms with E-state index in [0.29, 0.717) is 22.4 Å². The molecule has 0 N–H and O–H groups in total. The Morgan fingerprint density at radius 1 is 1.16 bits per heavy atom. The molecule has 1 saturated heterocycles. The molecular weight excluding hydrogens is 498 g/mol. The van der Waals surface area contributed by atoms with Crippen LogP contribution < -0.4 is 4.74 Å². The molecule has 0 spiro atoms. The molecule has 1 heterocycles. The largest absolute Gasteiger partial charge is 0.489 e. The minimum Gasteiger partial charge on any atom is -0.489 e. The average molecular weight is 520 g/mol. The predicted octanol–water partition coefficient (Wildman–Crippen LogP) is 5.57. The Morgan fingerprint density at radius 2 is 1.87 bits per heavy atom. The van der Waals surface area contributed by atoms with Gasteiger partial charge >= 0.3 is 5.97 Å². The highest BCUT2D eigenvalue weighted by Gasteiger charge is 2.32. The zero-order chi connectivity index (χ0) is 22.2. The zero-order valence-electron chi connectivity index (χ0n) is 17.0. The third-order valence-electron chi connectivity index (χ3n) is 4.38. The van der Waals surface area contributed by atoms with Gasteiger partial charge in [0.25, 0.3) is 5.91 Å². The van der Waals surface area contributed by atoms with Gasteiger partial charge in [0.2, 0.25) is 0 Å². The molecular formula is C23H22BrNO4S2. The van der Waals surface area contributed by atoms with Gasteiger partial charge in [-0.15, -0.1) is 0 Å². The first-order chi connectivity index (χ1) is 15.0. The van der Waals surface area contributed by atoms with Crippen LogP contribution in [0.15, 0.2) is 57.9 Å². The van der Waals surface area contributed by atoms with E-state index < -0.39 is 0 Å². The van der Waals surface area contributed by atoms with E-state index in [0.717, 1.165) is 27.8 Å². The van der Waals surface area contributed by atoms with Crippen LogP contribution in [-0.2, 0) is 20.9 Å². The van der Waals surface area contributed by atoms with Crippen molar-refractivity contribution in [1.29, 1.82) is 0 Å². The van der Waals surface area contributed by atoms with Crippen molar-refractivity contribution >= 4 is 62.2 Å². The van der Waals surface area contributed by atoms with Crippen LogP contribution in [0.5, 0.6) is 5.75 Å². The van der Waals surface area contributed by atoms with Crippen molar-refractivity contribution in [1.82, 2.24) is 4.90 Å². The van der Waals surface area contributed by atoms with Crippen molar-refractivity contribution in [3.63, 3.8) is 0 Å². The molecule has 0 radical (unpaired) electrons. The molecule has 0 unspecified atom stereocenters. The van der Waals surface area contributed by atoms with Crippen molar-refractivity contribution in [2.24, 2.45) is 0 Å². The molecule has 0 bridgehead atoms. The Morgan fingerprint density at radius 3 is 2.55 bits per heavy atom. The first-order valence-electron chi connectivity index (χ1n) is 9.84. The fourth-order valence-electron chi connectivity index (χ4n) is 2.74. The highest BCUT2D eigenvalue weighted by atomic mass is 79.9. The fraction of sp³-hybridized carbons (Fsp3) is 0.261. The van der Waals surface area contributed by atoms with Crippen molar-refractivity contribution < 1.29 is 19.1 Å². The molecule has 1 amide bonds. The van der Waals surface area contributed by atoms with Crippen LogP contribution in [0.4, 0.5) is 0 Å². The van der Waals surface area contributed by atoms with E-state index in [2.05, 4.69) is 15.9 Å². The Labute approximate surface area is 199 Å². The number of hydrogen-bond donors (Lipinski definition) is 0. The van der Waals surface area contributed by atoms with E-state index in [9.17, 15) is 9.59 Å². The summed E-state index contributed by atoms with van der Waals surface area (Å²) >= 11 is 9.97. The minimum absolute atomic E-state index is 0.129. The number of carbonyl (C=O) groups is 2. The number of amides is 1. The third-order valence-corrected chi connectivity index (χ3v) is 6.28. The lowest BCUT2D eigenvalue weighted by Gasteiger charge is -2.13. The molecule has 8 heteroatoms. The monoisotopic (exact) mass is 519 g/mol. The predicted molar refractivity (Wildman–Crippen MR) is 131 cm³/mol. The SMILES string of the molecule is CCCOC(=O)CCN1C(=O)/C(=C\c2ccc(OCc3ccc(Br)cc3)cc2)SC1=S. The summed E-state index contributed by atoms with van der Waals surface area (Å²) in [6, 6.07) is 15.5. The standard InChI is InChI=1S/C23H22BrNO4S2/c1-2-13-28-21(26)11-12-25-22(27)20(31-23(25)30)14-16-5-9-19(10-6-16)29-15-17-3-7-18(24)8-4-17/h3-10,14H,2,11-13,15H2,1H3/b20-14+. The molecule has 1 aliphatic rings. The Balaban J connectivity index is 1.56. The number of carbonyl (C=O) groups excluding carboxylic acids is 2. The number of rotatable bonds is 9. The van der Waals surface area contributed by atoms with Gasteiger partial charge in [-0.05, 0) is 47.9 Å². The third kappa shape index (κ3) is 6.92. The highest BCUT2D eigenvalue weighted by molar-refractivity contribution is 9.10. The van der Waals surface area contributed by atoms with E-state index in [1.807, 2.05) is 55.5 Å². The van der Waals surface area contributed by atoms with Crippen molar-refractivity contribution in [2.45, 2.75) is 26.4 Å². The first-order valence-corrected chi connectivity index (χ1v) is 11.9. The molecule has 2 aromatic carbocycles. The molecule has 31 heavy (non-hydrogen) atoms. The number of esters is 1. The summed E-state index contributed by atoms with van der Waals surface area (Å²) < 4.78 is 12.3. The highest BCUT2D eigenvalue weighted by Crippen LogP contribution is 2.33. The van der Waals surface area contributed by atoms with Crippen molar-refractivity contribution in [3.8, 4) is 5.75 Å². The summed E-state index contributed by atoms with van der Waals surface area (Å²) in [4.78, 5) is 26.4. The summed E-state index contributed by atoms with van der Waals surface area (Å²) in [5.41, 5.74) is 1.95. The molecule has 1 fully saturated rings. The second kappa shape index (κ2) is 11.5. The topological polar surface area (TPSA) is 55.8 Å². The van der Waals surface area contributed by atoms with Crippen LogP contribution in [-0.4, -0.2) is 34.2 Å². The van der Waals surface area contributed by atoms with Gasteiger partial charge in [-0.3, -0.25) is 14.5 Å². The van der Waals surface area contributed by atoms with E-state index >= 15 is 0 Å². The number of nitrogens with zero attached hydrogens (tertiary/aromatic N) is 1. The van der Waals surface area contributed by atoms with Crippen LogP contribution >= 0.6 is 39.9 Å². The second-order valence-corrected chi connectivity index (χ2v) is 9.38. The van der Waals surface area contributed by atoms with Gasteiger partial charge in [-0.25, -0.2) is 0 Å². The molecule has 2 aromatic rings. The molecule has 1 aliphatic heterocycles. The van der Waals surface area contributed by atoms with Gasteiger partial charge in [0.15, 0.2) is 0 Å². The van der Waals surface area contributed by atoms with Gasteiger partial charge < -0.3 is 9.47 Å². The molecule has 0 atom stereocenters. The minimum atomic E-state index is -0.321. The van der Waals surface area contributed by atoms with Crippen LogP contribution in [0.3, 0.4) is 0 Å². The maximum Gasteiger partial charge on any atom is 0.307 e. The second-order valence-electron chi connectivity index (χ2n) is 6.79. The number of ether oxygens (including phenoxy) is 2. The summed E-state index contributed by atoms with van der Waals surface area (Å²) in [5, 5.41) is 0. The first kappa shape index (κ1) is 23.5. The fourth-order valence-corrected chi connectivity index (χ4v) is 4.32. The average Bonchev–Trinajstić information content (AvgIpc) is 3.03. The van der Waals surface area contributed by atoms with E-state index in [-0.39, 0.29) is 24.8 Å². The smallest absolute Gasteiger partial charge is 0.307 e. The summed E-state index contributed by atoms with van der Waals surface area (Å²) in [6.45, 7) is 3.03. The van der Waals surface area contributed by atoms with E-state index in [4.69, 9.17) is 21.7 Å². The number of halogens is 1. The number of benzene rings is 2. The van der Waals surface area contributed by atoms with Gasteiger partial charge in [0, 0.05) is 11.0 Å². The molecule has 5 nitrogen and oxygen atoms in total. The summed E-state index contributed by atoms with van der Waals surface area (Å²) in [6.07, 6.45) is 2.70. The number of thiocarbonyl (C=S) groups is 1. The molecule has 0 saturated carbocycles. The summed E-state index contributed by atoms with van der Waals surface area (Å²) in [7, 11) is 0. The zero-order valence-corrected chi connectivity index (χ0v) is 20.2. The van der Waals surface area contributed by atoms with Crippen molar-refractivity contribution in [3.05, 3.63) is 69.0 Å².